The van der Waals surface area contributed by atoms with E-state index < -0.39 is 11.4 Å². The van der Waals surface area contributed by atoms with Gasteiger partial charge in [0.05, 0.1) is 16.3 Å². The molecular weight excluding hydrogens is 412 g/mol. The van der Waals surface area contributed by atoms with Crippen LogP contribution in [0.5, 0.6) is 5.19 Å². The molecule has 0 amide bonds. The summed E-state index contributed by atoms with van der Waals surface area (Å²) in [6.45, 7) is 4.60. The van der Waals surface area contributed by atoms with Gasteiger partial charge in [0.1, 0.15) is 24.7 Å². The van der Waals surface area contributed by atoms with Gasteiger partial charge in [-0.2, -0.15) is 5.10 Å². The summed E-state index contributed by atoms with van der Waals surface area (Å²) in [5.74, 6) is -0.305. The number of thiazole rings is 1. The maximum atomic E-state index is 11.9. The molecule has 0 saturated heterocycles. The molecule has 166 valence electrons. The Bertz CT molecular complexity index is 1010. The Morgan fingerprint density at radius 3 is 2.68 bits per heavy atom. The summed E-state index contributed by atoms with van der Waals surface area (Å²) in [7, 11) is 0. The van der Waals surface area contributed by atoms with Gasteiger partial charge in [0.15, 0.2) is 0 Å². The van der Waals surface area contributed by atoms with Crippen LogP contribution in [-0.2, 0) is 4.79 Å². The van der Waals surface area contributed by atoms with Gasteiger partial charge < -0.3 is 9.84 Å². The Hall–Kier alpha value is -2.48. The fraction of sp³-hybridized carbons (Fsp3) is 0.565. The molecule has 1 aliphatic rings. The van der Waals surface area contributed by atoms with Crippen LogP contribution < -0.4 is 4.74 Å². The van der Waals surface area contributed by atoms with Crippen molar-refractivity contribution >= 4 is 27.5 Å². The lowest BCUT2D eigenvalue weighted by molar-refractivity contribution is -0.153. The molecule has 8 heteroatoms. The van der Waals surface area contributed by atoms with Gasteiger partial charge in [0, 0.05) is 0 Å². The third-order valence-corrected chi connectivity index (χ3v) is 7.62. The van der Waals surface area contributed by atoms with E-state index in [1.54, 1.807) is 12.7 Å². The van der Waals surface area contributed by atoms with Crippen molar-refractivity contribution in [3.8, 4) is 5.19 Å². The molecule has 4 rings (SSSR count). The molecule has 1 aliphatic carbocycles. The first-order valence-corrected chi connectivity index (χ1v) is 12.0. The quantitative estimate of drug-likeness (QED) is 0.482. The number of carbonyl (C=O) groups is 1. The molecule has 0 radical (unpaired) electrons. The van der Waals surface area contributed by atoms with E-state index in [9.17, 15) is 9.90 Å². The van der Waals surface area contributed by atoms with Gasteiger partial charge in [-0.3, -0.25) is 4.79 Å². The maximum absolute atomic E-state index is 11.9. The number of nitrogens with zero attached hydrogens (tertiary/aromatic N) is 4. The third-order valence-electron chi connectivity index (χ3n) is 6.69. The van der Waals surface area contributed by atoms with Crippen LogP contribution in [0.2, 0.25) is 0 Å². The molecule has 2 aromatic heterocycles. The summed E-state index contributed by atoms with van der Waals surface area (Å²) in [5.41, 5.74) is 1.27. The second-order valence-corrected chi connectivity index (χ2v) is 9.53. The normalized spacial score (nSPS) is 17.1. The fourth-order valence-corrected chi connectivity index (χ4v) is 5.61. The van der Waals surface area contributed by atoms with Crippen LogP contribution in [0.4, 0.5) is 0 Å². The molecular formula is C23H30N4O3S. The summed E-state index contributed by atoms with van der Waals surface area (Å²) in [6.07, 6.45) is 9.79. The van der Waals surface area contributed by atoms with Crippen molar-refractivity contribution in [2.24, 2.45) is 11.3 Å². The van der Waals surface area contributed by atoms with Crippen molar-refractivity contribution in [2.45, 2.75) is 64.8 Å². The number of hydrogen-bond donors (Lipinski definition) is 1. The Kier molecular flexibility index (Phi) is 6.55. The van der Waals surface area contributed by atoms with Crippen LogP contribution in [0.3, 0.4) is 0 Å². The minimum atomic E-state index is -0.783. The summed E-state index contributed by atoms with van der Waals surface area (Å²) in [5, 5.41) is 14.7. The van der Waals surface area contributed by atoms with E-state index in [0.29, 0.717) is 24.0 Å². The highest BCUT2D eigenvalue weighted by Crippen LogP contribution is 2.39. The molecule has 0 spiro atoms. The Morgan fingerprint density at radius 2 is 2.03 bits per heavy atom. The topological polar surface area (TPSA) is 90.1 Å². The minimum absolute atomic E-state index is 0.117. The van der Waals surface area contributed by atoms with Crippen molar-refractivity contribution in [3.05, 3.63) is 36.4 Å². The molecule has 1 saturated carbocycles. The molecule has 1 unspecified atom stereocenters. The lowest BCUT2D eigenvalue weighted by Gasteiger charge is -2.32. The van der Waals surface area contributed by atoms with Gasteiger partial charge in [0.2, 0.25) is 0 Å². The molecule has 0 aliphatic heterocycles. The monoisotopic (exact) mass is 442 g/mol. The van der Waals surface area contributed by atoms with Gasteiger partial charge in [0.25, 0.3) is 5.19 Å². The Balaban J connectivity index is 1.58. The third kappa shape index (κ3) is 4.44. The zero-order valence-corrected chi connectivity index (χ0v) is 19.0. The highest BCUT2D eigenvalue weighted by atomic mass is 32.1. The first-order valence-electron chi connectivity index (χ1n) is 11.2. The number of benzene rings is 1. The second kappa shape index (κ2) is 9.34. The van der Waals surface area contributed by atoms with E-state index in [1.807, 2.05) is 10.7 Å². The van der Waals surface area contributed by atoms with E-state index in [0.717, 1.165) is 42.3 Å². The van der Waals surface area contributed by atoms with Gasteiger partial charge in [-0.05, 0) is 36.5 Å². The number of carboxylic acid groups (broad SMARTS) is 1. The van der Waals surface area contributed by atoms with E-state index in [2.05, 4.69) is 41.0 Å². The van der Waals surface area contributed by atoms with Gasteiger partial charge in [-0.25, -0.2) is 14.6 Å². The summed E-state index contributed by atoms with van der Waals surface area (Å²) in [4.78, 5) is 20.7. The molecule has 1 atom stereocenters. The van der Waals surface area contributed by atoms with Crippen LogP contribution in [0, 0.1) is 11.3 Å². The zero-order valence-electron chi connectivity index (χ0n) is 18.2. The second-order valence-electron chi connectivity index (χ2n) is 8.54. The number of aliphatic carboxylic acids is 1. The summed E-state index contributed by atoms with van der Waals surface area (Å²) in [6, 6.07) is 6.41. The highest BCUT2D eigenvalue weighted by molar-refractivity contribution is 7.20. The zero-order chi connectivity index (χ0) is 21.8. The Labute approximate surface area is 186 Å². The highest BCUT2D eigenvalue weighted by Gasteiger charge is 2.40. The molecule has 1 aromatic carbocycles. The molecule has 0 bridgehead atoms. The number of ether oxygens (including phenoxy) is 1. The van der Waals surface area contributed by atoms with Crippen molar-refractivity contribution < 1.29 is 14.6 Å². The average Bonchev–Trinajstić information content (AvgIpc) is 3.45. The van der Waals surface area contributed by atoms with Crippen molar-refractivity contribution in [2.75, 3.05) is 6.61 Å². The number of fused-ring (bicyclic) bond motifs is 1. The number of carboxylic acids is 1. The van der Waals surface area contributed by atoms with Crippen molar-refractivity contribution in [1.82, 2.24) is 19.7 Å². The van der Waals surface area contributed by atoms with E-state index in [-0.39, 0.29) is 12.6 Å². The van der Waals surface area contributed by atoms with E-state index >= 15 is 0 Å². The largest absolute Gasteiger partial charge is 0.481 e. The maximum Gasteiger partial charge on any atom is 0.313 e. The fourth-order valence-electron chi connectivity index (χ4n) is 4.75. The van der Waals surface area contributed by atoms with Gasteiger partial charge in [-0.1, -0.05) is 63.4 Å². The molecule has 2 heterocycles. The number of hydrogen-bond acceptors (Lipinski definition) is 6. The van der Waals surface area contributed by atoms with Crippen molar-refractivity contribution in [1.29, 1.82) is 0 Å². The summed E-state index contributed by atoms with van der Waals surface area (Å²) < 4.78 is 8.94. The number of aromatic nitrogens is 4. The predicted molar refractivity (Wildman–Crippen MR) is 121 cm³/mol. The van der Waals surface area contributed by atoms with Crippen molar-refractivity contribution in [3.63, 3.8) is 0 Å². The first-order chi connectivity index (χ1) is 15.1. The average molecular weight is 443 g/mol. The molecule has 31 heavy (non-hydrogen) atoms. The number of rotatable bonds is 9. The van der Waals surface area contributed by atoms with Crippen LogP contribution in [0.1, 0.15) is 70.4 Å². The lowest BCUT2D eigenvalue weighted by atomic mass is 9.75. The molecule has 1 N–H and O–H groups in total. The van der Waals surface area contributed by atoms with E-state index in [1.165, 1.54) is 16.9 Å². The standard InChI is InChI=1S/C23H30N4O3S/c1-3-16(4-2)20(27-15-24-14-25-27)17-8-9-18-19(12-17)31-22(26-18)30-13-23(21(28)29)10-6-5-7-11-23/h8-9,12,14-16,20H,3-7,10-11,13H2,1-2H3,(H,28,29). The summed E-state index contributed by atoms with van der Waals surface area (Å²) >= 11 is 1.48. The SMILES string of the molecule is CCC(CC)C(c1ccc2nc(OCC3(C(=O)O)CCCCC3)sc2c1)n1cncn1. The first kappa shape index (κ1) is 21.7. The Morgan fingerprint density at radius 1 is 1.26 bits per heavy atom. The van der Waals surface area contributed by atoms with Crippen LogP contribution >= 0.6 is 11.3 Å². The van der Waals surface area contributed by atoms with E-state index in [4.69, 9.17) is 4.74 Å². The lowest BCUT2D eigenvalue weighted by Crippen LogP contribution is -2.38. The molecule has 3 aromatic rings. The van der Waals surface area contributed by atoms with Gasteiger partial charge in [-0.15, -0.1) is 0 Å². The van der Waals surface area contributed by atoms with Crippen LogP contribution in [0.25, 0.3) is 10.2 Å². The smallest absolute Gasteiger partial charge is 0.313 e. The minimum Gasteiger partial charge on any atom is -0.481 e. The van der Waals surface area contributed by atoms with Crippen LogP contribution in [-0.4, -0.2) is 37.4 Å². The molecule has 7 nitrogen and oxygen atoms in total. The predicted octanol–water partition coefficient (Wildman–Crippen LogP) is 5.33. The van der Waals surface area contributed by atoms with Crippen LogP contribution in [0.15, 0.2) is 30.9 Å². The molecule has 1 fully saturated rings. The van der Waals surface area contributed by atoms with Gasteiger partial charge >= 0.3 is 5.97 Å².